The first-order valence-corrected chi connectivity index (χ1v) is 5.96. The molecule has 0 amide bonds. The minimum atomic E-state index is -0.692. The number of benzene rings is 1. The lowest BCUT2D eigenvalue weighted by Gasteiger charge is -2.12. The maximum Gasteiger partial charge on any atom is 0.376 e. The Morgan fingerprint density at radius 2 is 1.70 bits per heavy atom. The van der Waals surface area contributed by atoms with Crippen LogP contribution in [0.1, 0.15) is 23.2 Å². The van der Waals surface area contributed by atoms with Gasteiger partial charge in [0.25, 0.3) is 0 Å². The molecule has 1 aromatic rings. The van der Waals surface area contributed by atoms with Gasteiger partial charge in [-0.25, -0.2) is 4.79 Å². The van der Waals surface area contributed by atoms with Crippen molar-refractivity contribution in [3.8, 4) is 17.2 Å². The molecule has 0 unspecified atom stereocenters. The van der Waals surface area contributed by atoms with Crippen molar-refractivity contribution in [3.63, 3.8) is 0 Å². The van der Waals surface area contributed by atoms with Crippen molar-refractivity contribution < 1.29 is 28.8 Å². The van der Waals surface area contributed by atoms with Gasteiger partial charge in [0.2, 0.25) is 0 Å². The zero-order valence-electron chi connectivity index (χ0n) is 11.8. The SMILES string of the molecule is [CH2]CC[CH]OOC(=O)c1cc(OC)c(OC)cc1OC. The van der Waals surface area contributed by atoms with E-state index in [-0.39, 0.29) is 5.56 Å². The van der Waals surface area contributed by atoms with E-state index in [0.717, 1.165) is 0 Å². The first-order valence-electron chi connectivity index (χ1n) is 5.96. The maximum atomic E-state index is 11.9. The lowest BCUT2D eigenvalue weighted by molar-refractivity contribution is -0.213. The predicted octanol–water partition coefficient (Wildman–Crippen LogP) is 2.58. The molecule has 1 rings (SSSR count). The summed E-state index contributed by atoms with van der Waals surface area (Å²) >= 11 is 0. The minimum Gasteiger partial charge on any atom is -0.496 e. The summed E-state index contributed by atoms with van der Waals surface area (Å²) in [6.45, 7) is 4.99. The Bertz CT molecular complexity index is 444. The average molecular weight is 282 g/mol. The second-order valence-electron chi connectivity index (χ2n) is 3.68. The van der Waals surface area contributed by atoms with E-state index in [1.807, 2.05) is 0 Å². The minimum absolute atomic E-state index is 0.174. The molecule has 0 aliphatic carbocycles. The molecule has 0 aromatic heterocycles. The Hall–Kier alpha value is -1.95. The number of rotatable bonds is 8. The number of ether oxygens (including phenoxy) is 3. The quantitative estimate of drug-likeness (QED) is 0.415. The molecular weight excluding hydrogens is 264 g/mol. The third-order valence-corrected chi connectivity index (χ3v) is 2.44. The molecule has 110 valence electrons. The molecule has 0 atom stereocenters. The molecule has 0 heterocycles. The van der Waals surface area contributed by atoms with Gasteiger partial charge in [0.15, 0.2) is 11.5 Å². The summed E-state index contributed by atoms with van der Waals surface area (Å²) in [6, 6.07) is 3.00. The van der Waals surface area contributed by atoms with Crippen LogP contribution in [-0.4, -0.2) is 27.3 Å². The largest absolute Gasteiger partial charge is 0.496 e. The van der Waals surface area contributed by atoms with Crippen molar-refractivity contribution in [2.45, 2.75) is 12.8 Å². The zero-order valence-corrected chi connectivity index (χ0v) is 11.8. The molecule has 20 heavy (non-hydrogen) atoms. The van der Waals surface area contributed by atoms with Crippen LogP contribution in [0.2, 0.25) is 0 Å². The lowest BCUT2D eigenvalue weighted by Crippen LogP contribution is -2.08. The third-order valence-electron chi connectivity index (χ3n) is 2.44. The maximum absolute atomic E-state index is 11.9. The molecule has 0 N–H and O–H groups in total. The Kier molecular flexibility index (Phi) is 6.66. The van der Waals surface area contributed by atoms with Gasteiger partial charge in [-0.1, -0.05) is 13.3 Å². The molecule has 6 heteroatoms. The molecule has 0 aliphatic heterocycles. The summed E-state index contributed by atoms with van der Waals surface area (Å²) in [5.74, 6) is 0.448. The van der Waals surface area contributed by atoms with Crippen molar-refractivity contribution in [1.29, 1.82) is 0 Å². The summed E-state index contributed by atoms with van der Waals surface area (Å²) in [5.41, 5.74) is 0.174. The van der Waals surface area contributed by atoms with E-state index in [0.29, 0.717) is 30.1 Å². The Labute approximate surface area is 118 Å². The van der Waals surface area contributed by atoms with Gasteiger partial charge in [0, 0.05) is 12.1 Å². The van der Waals surface area contributed by atoms with Gasteiger partial charge in [-0.2, -0.15) is 4.89 Å². The summed E-state index contributed by atoms with van der Waals surface area (Å²) in [6.07, 6.45) is 1.23. The Morgan fingerprint density at radius 1 is 1.10 bits per heavy atom. The van der Waals surface area contributed by atoms with E-state index in [4.69, 9.17) is 14.2 Å². The highest BCUT2D eigenvalue weighted by Crippen LogP contribution is 2.34. The number of hydrogen-bond acceptors (Lipinski definition) is 6. The van der Waals surface area contributed by atoms with Crippen molar-refractivity contribution in [3.05, 3.63) is 31.2 Å². The smallest absolute Gasteiger partial charge is 0.376 e. The van der Waals surface area contributed by atoms with Crippen LogP contribution >= 0.6 is 0 Å². The molecule has 0 aliphatic rings. The fourth-order valence-corrected chi connectivity index (χ4v) is 1.44. The molecule has 2 radical (unpaired) electrons. The van der Waals surface area contributed by atoms with Crippen LogP contribution in [0.3, 0.4) is 0 Å². The molecule has 0 saturated heterocycles. The second-order valence-corrected chi connectivity index (χ2v) is 3.68. The topological polar surface area (TPSA) is 63.2 Å². The molecule has 0 fully saturated rings. The van der Waals surface area contributed by atoms with Crippen molar-refractivity contribution in [2.75, 3.05) is 21.3 Å². The van der Waals surface area contributed by atoms with Crippen LogP contribution < -0.4 is 14.2 Å². The summed E-state index contributed by atoms with van der Waals surface area (Å²) in [7, 11) is 4.40. The highest BCUT2D eigenvalue weighted by atomic mass is 17.2. The Morgan fingerprint density at radius 3 is 2.25 bits per heavy atom. The normalized spacial score (nSPS) is 10.0. The fourth-order valence-electron chi connectivity index (χ4n) is 1.44. The number of carbonyl (C=O) groups is 1. The molecule has 0 saturated carbocycles. The van der Waals surface area contributed by atoms with E-state index < -0.39 is 5.97 Å². The number of unbranched alkanes of at least 4 members (excludes halogenated alkanes) is 1. The molecular formula is C14H18O6. The highest BCUT2D eigenvalue weighted by molar-refractivity contribution is 5.93. The monoisotopic (exact) mass is 282 g/mol. The van der Waals surface area contributed by atoms with Crippen LogP contribution in [-0.2, 0) is 9.78 Å². The summed E-state index contributed by atoms with van der Waals surface area (Å²) < 4.78 is 15.4. The van der Waals surface area contributed by atoms with E-state index in [9.17, 15) is 4.79 Å². The van der Waals surface area contributed by atoms with E-state index in [2.05, 4.69) is 16.7 Å². The van der Waals surface area contributed by atoms with E-state index >= 15 is 0 Å². The molecule has 0 spiro atoms. The number of methoxy groups -OCH3 is 3. The molecule has 0 bridgehead atoms. The van der Waals surface area contributed by atoms with Crippen LogP contribution in [0.15, 0.2) is 12.1 Å². The highest BCUT2D eigenvalue weighted by Gasteiger charge is 2.19. The van der Waals surface area contributed by atoms with Gasteiger partial charge in [0.05, 0.1) is 21.3 Å². The van der Waals surface area contributed by atoms with Gasteiger partial charge in [-0.05, 0) is 6.42 Å². The van der Waals surface area contributed by atoms with Crippen LogP contribution in [0.5, 0.6) is 17.2 Å². The summed E-state index contributed by atoms with van der Waals surface area (Å²) in [4.78, 5) is 21.2. The summed E-state index contributed by atoms with van der Waals surface area (Å²) in [5, 5.41) is 0. The van der Waals surface area contributed by atoms with Gasteiger partial charge in [-0.15, -0.1) is 0 Å². The van der Waals surface area contributed by atoms with E-state index in [1.165, 1.54) is 40.1 Å². The zero-order chi connectivity index (χ0) is 15.0. The standard InChI is InChI=1S/C14H18O6/c1-5-6-7-19-20-14(15)10-8-12(17-3)13(18-4)9-11(10)16-2/h7-9H,1,5-6H2,2-4H3. The fraction of sp³-hybridized carbons (Fsp3) is 0.357. The second kappa shape index (κ2) is 8.27. The lowest BCUT2D eigenvalue weighted by atomic mass is 10.1. The van der Waals surface area contributed by atoms with Crippen LogP contribution in [0.4, 0.5) is 0 Å². The Balaban J connectivity index is 2.89. The van der Waals surface area contributed by atoms with Gasteiger partial charge in [-0.3, -0.25) is 4.89 Å². The first-order chi connectivity index (χ1) is 9.67. The van der Waals surface area contributed by atoms with Crippen LogP contribution in [0, 0.1) is 13.5 Å². The predicted molar refractivity (Wildman–Crippen MR) is 71.5 cm³/mol. The molecule has 6 nitrogen and oxygen atoms in total. The average Bonchev–Trinajstić information content (AvgIpc) is 2.49. The first kappa shape index (κ1) is 16.1. The van der Waals surface area contributed by atoms with Crippen molar-refractivity contribution >= 4 is 5.97 Å². The van der Waals surface area contributed by atoms with Crippen molar-refractivity contribution in [2.24, 2.45) is 0 Å². The van der Waals surface area contributed by atoms with Crippen LogP contribution in [0.25, 0.3) is 0 Å². The number of hydrogen-bond donors (Lipinski definition) is 0. The third kappa shape index (κ3) is 4.03. The van der Waals surface area contributed by atoms with E-state index in [1.54, 1.807) is 0 Å². The van der Waals surface area contributed by atoms with Crippen molar-refractivity contribution in [1.82, 2.24) is 0 Å². The molecule has 1 aromatic carbocycles. The van der Waals surface area contributed by atoms with Gasteiger partial charge < -0.3 is 14.2 Å². The van der Waals surface area contributed by atoms with Gasteiger partial charge in [0.1, 0.15) is 17.9 Å². The number of carbonyl (C=O) groups excluding carboxylic acids is 1. The van der Waals surface area contributed by atoms with Gasteiger partial charge >= 0.3 is 5.97 Å².